The maximum Gasteiger partial charge on any atom is 0.387 e. The van der Waals surface area contributed by atoms with E-state index in [4.69, 9.17) is 0 Å². The summed E-state index contributed by atoms with van der Waals surface area (Å²) in [5.41, 5.74) is 1.29. The molecular weight excluding hydrogens is 342 g/mol. The second-order valence-electron chi connectivity index (χ2n) is 8.84. The lowest BCUT2D eigenvalue weighted by molar-refractivity contribution is -0.0498. The highest BCUT2D eigenvalue weighted by Gasteiger charge is 2.31. The highest BCUT2D eigenvalue weighted by atomic mass is 19.3. The van der Waals surface area contributed by atoms with E-state index >= 15 is 0 Å². The van der Waals surface area contributed by atoms with Gasteiger partial charge in [-0.25, -0.2) is 0 Å². The summed E-state index contributed by atoms with van der Waals surface area (Å²) in [6, 6.07) is 7.33. The Morgan fingerprint density at radius 1 is 0.852 bits per heavy atom. The lowest BCUT2D eigenvalue weighted by atomic mass is 9.68. The molecule has 152 valence electrons. The van der Waals surface area contributed by atoms with Gasteiger partial charge in [-0.15, -0.1) is 0 Å². The van der Waals surface area contributed by atoms with Gasteiger partial charge in [0.1, 0.15) is 5.75 Å². The highest BCUT2D eigenvalue weighted by molar-refractivity contribution is 5.29. The van der Waals surface area contributed by atoms with Gasteiger partial charge in [0.15, 0.2) is 0 Å². The monoisotopic (exact) mass is 378 g/mol. The zero-order chi connectivity index (χ0) is 19.1. The van der Waals surface area contributed by atoms with E-state index < -0.39 is 6.61 Å². The third-order valence-electron chi connectivity index (χ3n) is 7.12. The average Bonchev–Trinajstić information content (AvgIpc) is 2.69. The largest absolute Gasteiger partial charge is 0.435 e. The van der Waals surface area contributed by atoms with Gasteiger partial charge in [0.05, 0.1) is 0 Å². The molecule has 1 aromatic carbocycles. The van der Waals surface area contributed by atoms with Crippen molar-refractivity contribution < 1.29 is 13.5 Å². The Bertz CT molecular complexity index is 526. The van der Waals surface area contributed by atoms with Crippen LogP contribution in [-0.4, -0.2) is 6.61 Å². The first kappa shape index (κ1) is 20.6. The minimum absolute atomic E-state index is 0.262. The molecule has 0 atom stereocenters. The van der Waals surface area contributed by atoms with Crippen molar-refractivity contribution in [3.63, 3.8) is 0 Å². The number of benzene rings is 1. The minimum Gasteiger partial charge on any atom is -0.435 e. The fourth-order valence-electron chi connectivity index (χ4n) is 5.48. The van der Waals surface area contributed by atoms with Crippen LogP contribution in [0.1, 0.15) is 95.5 Å². The molecule has 0 radical (unpaired) electrons. The number of rotatable bonds is 8. The molecule has 1 nitrogen and oxygen atoms in total. The summed E-state index contributed by atoms with van der Waals surface area (Å²) in [4.78, 5) is 0. The fourth-order valence-corrected chi connectivity index (χ4v) is 5.48. The van der Waals surface area contributed by atoms with Crippen molar-refractivity contribution in [3.8, 4) is 5.75 Å². The highest BCUT2D eigenvalue weighted by Crippen LogP contribution is 2.44. The molecule has 1 aromatic rings. The van der Waals surface area contributed by atoms with Crippen molar-refractivity contribution in [2.24, 2.45) is 17.8 Å². The van der Waals surface area contributed by atoms with Gasteiger partial charge in [0, 0.05) is 0 Å². The third kappa shape index (κ3) is 6.19. The molecule has 0 bridgehead atoms. The first-order valence-corrected chi connectivity index (χ1v) is 11.2. The van der Waals surface area contributed by atoms with Crippen molar-refractivity contribution in [1.82, 2.24) is 0 Å². The lowest BCUT2D eigenvalue weighted by Crippen LogP contribution is -2.25. The molecule has 27 heavy (non-hydrogen) atoms. The number of hydrogen-bond donors (Lipinski definition) is 0. The molecule has 0 saturated heterocycles. The predicted molar refractivity (Wildman–Crippen MR) is 107 cm³/mol. The summed E-state index contributed by atoms with van der Waals surface area (Å²) in [6.45, 7) is -0.452. The van der Waals surface area contributed by atoms with Crippen LogP contribution in [0.5, 0.6) is 5.75 Å². The predicted octanol–water partition coefficient (Wildman–Crippen LogP) is 7.95. The number of unbranched alkanes of at least 4 members (excludes halogenated alkanes) is 2. The van der Waals surface area contributed by atoms with Crippen molar-refractivity contribution >= 4 is 0 Å². The van der Waals surface area contributed by atoms with Gasteiger partial charge in [-0.05, 0) is 79.9 Å². The molecule has 0 spiro atoms. The Morgan fingerprint density at radius 3 is 2.00 bits per heavy atom. The molecule has 2 fully saturated rings. The summed E-state index contributed by atoms with van der Waals surface area (Å²) in [5, 5.41) is 0. The molecule has 0 heterocycles. The maximum atomic E-state index is 12.3. The van der Waals surface area contributed by atoms with Gasteiger partial charge in [-0.2, -0.15) is 8.78 Å². The van der Waals surface area contributed by atoms with Gasteiger partial charge < -0.3 is 4.74 Å². The lowest BCUT2D eigenvalue weighted by Gasteiger charge is -2.38. The van der Waals surface area contributed by atoms with E-state index in [1.807, 2.05) is 12.1 Å². The van der Waals surface area contributed by atoms with E-state index in [0.717, 1.165) is 17.8 Å². The first-order valence-electron chi connectivity index (χ1n) is 11.2. The maximum absolute atomic E-state index is 12.3. The van der Waals surface area contributed by atoms with Crippen molar-refractivity contribution in [3.05, 3.63) is 29.8 Å². The average molecular weight is 379 g/mol. The molecule has 0 aromatic heterocycles. The molecule has 3 heteroatoms. The summed E-state index contributed by atoms with van der Waals surface area (Å²) in [7, 11) is 0. The number of hydrogen-bond acceptors (Lipinski definition) is 1. The molecule has 2 aliphatic rings. The van der Waals surface area contributed by atoms with E-state index in [1.165, 1.54) is 82.6 Å². The summed E-state index contributed by atoms with van der Waals surface area (Å²) in [5.74, 6) is 3.72. The molecular formula is C24H36F2O. The van der Waals surface area contributed by atoms with E-state index in [2.05, 4.69) is 11.7 Å². The molecule has 3 rings (SSSR count). The van der Waals surface area contributed by atoms with Crippen molar-refractivity contribution in [2.45, 2.75) is 96.5 Å². The second kappa shape index (κ2) is 10.4. The quantitative estimate of drug-likeness (QED) is 0.417. The zero-order valence-electron chi connectivity index (χ0n) is 16.8. The Kier molecular flexibility index (Phi) is 7.96. The van der Waals surface area contributed by atoms with E-state index in [0.29, 0.717) is 5.92 Å². The Labute approximate surface area is 163 Å². The fraction of sp³-hybridized carbons (Fsp3) is 0.750. The van der Waals surface area contributed by atoms with Crippen molar-refractivity contribution in [1.29, 1.82) is 0 Å². The Hall–Kier alpha value is -1.12. The SMILES string of the molecule is CCCCCC1CCC(C2CCC(c3ccc(OC(F)F)cc3)CC2)CC1. The van der Waals surface area contributed by atoms with Gasteiger partial charge in [-0.1, -0.05) is 57.6 Å². The summed E-state index contributed by atoms with van der Waals surface area (Å²) in [6.07, 6.45) is 16.6. The molecule has 0 N–H and O–H groups in total. The van der Waals surface area contributed by atoms with E-state index in [9.17, 15) is 8.78 Å². The van der Waals surface area contributed by atoms with Crippen LogP contribution >= 0.6 is 0 Å². The molecule has 2 aliphatic carbocycles. The van der Waals surface area contributed by atoms with Crippen LogP contribution in [0.25, 0.3) is 0 Å². The number of ether oxygens (including phenoxy) is 1. The first-order chi connectivity index (χ1) is 13.2. The normalized spacial score (nSPS) is 29.0. The smallest absolute Gasteiger partial charge is 0.387 e. The Balaban J connectivity index is 1.40. The van der Waals surface area contributed by atoms with Crippen LogP contribution in [0.2, 0.25) is 0 Å². The van der Waals surface area contributed by atoms with Crippen LogP contribution in [0.15, 0.2) is 24.3 Å². The van der Waals surface area contributed by atoms with Gasteiger partial charge >= 0.3 is 6.61 Å². The molecule has 2 saturated carbocycles. The van der Waals surface area contributed by atoms with Crippen LogP contribution in [0.4, 0.5) is 8.78 Å². The second-order valence-corrected chi connectivity index (χ2v) is 8.84. The summed E-state index contributed by atoms with van der Waals surface area (Å²) >= 11 is 0. The van der Waals surface area contributed by atoms with E-state index in [1.54, 1.807) is 12.1 Å². The molecule has 0 unspecified atom stereocenters. The minimum atomic E-state index is -2.74. The number of halogens is 2. The third-order valence-corrected chi connectivity index (χ3v) is 7.12. The van der Waals surface area contributed by atoms with Gasteiger partial charge in [0.25, 0.3) is 0 Å². The topological polar surface area (TPSA) is 9.23 Å². The van der Waals surface area contributed by atoms with Crippen LogP contribution in [-0.2, 0) is 0 Å². The molecule has 0 amide bonds. The van der Waals surface area contributed by atoms with E-state index in [-0.39, 0.29) is 5.75 Å². The zero-order valence-corrected chi connectivity index (χ0v) is 16.8. The molecule has 0 aliphatic heterocycles. The Morgan fingerprint density at radius 2 is 1.44 bits per heavy atom. The van der Waals surface area contributed by atoms with Gasteiger partial charge in [0.2, 0.25) is 0 Å². The summed E-state index contributed by atoms with van der Waals surface area (Å²) < 4.78 is 29.0. The standard InChI is InChI=1S/C24H36F2O/c1-2-3-4-5-18-6-8-19(9-7-18)20-10-12-21(13-11-20)22-14-16-23(17-15-22)27-24(25)26/h14-21,24H,2-13H2,1H3. The number of alkyl halides is 2. The van der Waals surface area contributed by atoms with Crippen LogP contribution in [0, 0.1) is 17.8 Å². The van der Waals surface area contributed by atoms with Crippen LogP contribution < -0.4 is 4.74 Å². The van der Waals surface area contributed by atoms with Crippen molar-refractivity contribution in [2.75, 3.05) is 0 Å². The van der Waals surface area contributed by atoms with Gasteiger partial charge in [-0.3, -0.25) is 0 Å². The van der Waals surface area contributed by atoms with Crippen LogP contribution in [0.3, 0.4) is 0 Å².